The van der Waals surface area contributed by atoms with E-state index in [2.05, 4.69) is 15.0 Å². The normalized spacial score (nSPS) is 16.7. The van der Waals surface area contributed by atoms with Crippen molar-refractivity contribution in [2.45, 2.75) is 18.9 Å². The number of methoxy groups -OCH3 is 1. The molecule has 1 atom stereocenters. The Labute approximate surface area is 154 Å². The summed E-state index contributed by atoms with van der Waals surface area (Å²) in [7, 11) is 1.61. The van der Waals surface area contributed by atoms with Crippen molar-refractivity contribution in [1.82, 2.24) is 15.0 Å². The molecular formula is C18H18N4O3S. The minimum atomic E-state index is -0.230. The summed E-state index contributed by atoms with van der Waals surface area (Å²) in [5.74, 6) is 0.459. The Balaban J connectivity index is 1.73. The first-order chi connectivity index (χ1) is 12.8. The lowest BCUT2D eigenvalue weighted by Gasteiger charge is -2.22. The smallest absolute Gasteiger partial charge is 0.280 e. The van der Waals surface area contributed by atoms with E-state index in [1.54, 1.807) is 18.2 Å². The first-order valence-corrected chi connectivity index (χ1v) is 9.21. The minimum Gasteiger partial charge on any atom is -0.494 e. The van der Waals surface area contributed by atoms with Crippen LogP contribution in [-0.4, -0.2) is 47.2 Å². The third kappa shape index (κ3) is 3.25. The molecule has 0 aliphatic carbocycles. The number of rotatable bonds is 5. The van der Waals surface area contributed by atoms with Crippen molar-refractivity contribution >= 4 is 32.6 Å². The fourth-order valence-corrected chi connectivity index (χ4v) is 3.97. The number of aromatic nitrogens is 3. The molecule has 8 heteroatoms. The zero-order valence-electron chi connectivity index (χ0n) is 14.3. The van der Waals surface area contributed by atoms with E-state index in [9.17, 15) is 4.79 Å². The largest absolute Gasteiger partial charge is 0.494 e. The highest BCUT2D eigenvalue weighted by molar-refractivity contribution is 7.22. The van der Waals surface area contributed by atoms with E-state index < -0.39 is 0 Å². The van der Waals surface area contributed by atoms with Crippen LogP contribution in [0.15, 0.2) is 36.8 Å². The maximum atomic E-state index is 13.1. The summed E-state index contributed by atoms with van der Waals surface area (Å²) in [6.45, 7) is 1.17. The third-order valence-corrected chi connectivity index (χ3v) is 5.30. The van der Waals surface area contributed by atoms with E-state index >= 15 is 0 Å². The number of hydrogen-bond acceptors (Lipinski definition) is 7. The van der Waals surface area contributed by atoms with E-state index in [1.807, 2.05) is 18.2 Å². The van der Waals surface area contributed by atoms with Gasteiger partial charge < -0.3 is 9.47 Å². The van der Waals surface area contributed by atoms with Crippen LogP contribution >= 0.6 is 11.3 Å². The third-order valence-electron chi connectivity index (χ3n) is 4.26. The van der Waals surface area contributed by atoms with Crippen molar-refractivity contribution in [2.75, 3.05) is 25.2 Å². The van der Waals surface area contributed by atoms with Gasteiger partial charge in [0.25, 0.3) is 5.91 Å². The highest BCUT2D eigenvalue weighted by Gasteiger charge is 2.28. The van der Waals surface area contributed by atoms with Crippen LogP contribution in [0.1, 0.15) is 23.3 Å². The second kappa shape index (κ2) is 7.35. The summed E-state index contributed by atoms with van der Waals surface area (Å²) in [6, 6.07) is 5.74. The van der Waals surface area contributed by atoms with Crippen molar-refractivity contribution in [3.8, 4) is 5.75 Å². The van der Waals surface area contributed by atoms with Gasteiger partial charge in [-0.2, -0.15) is 0 Å². The van der Waals surface area contributed by atoms with Crippen molar-refractivity contribution in [3.05, 3.63) is 42.5 Å². The molecule has 7 nitrogen and oxygen atoms in total. The predicted molar refractivity (Wildman–Crippen MR) is 98.9 cm³/mol. The molecule has 1 amide bonds. The molecule has 1 saturated heterocycles. The number of benzene rings is 1. The molecule has 0 bridgehead atoms. The Hall–Kier alpha value is -2.58. The van der Waals surface area contributed by atoms with Crippen LogP contribution in [0, 0.1) is 0 Å². The van der Waals surface area contributed by atoms with Gasteiger partial charge in [-0.05, 0) is 25.0 Å². The number of amides is 1. The molecular weight excluding hydrogens is 352 g/mol. The lowest BCUT2D eigenvalue weighted by atomic mass is 10.2. The number of hydrogen-bond donors (Lipinski definition) is 0. The molecule has 0 spiro atoms. The molecule has 3 aromatic rings. The molecule has 1 aliphatic rings. The summed E-state index contributed by atoms with van der Waals surface area (Å²) in [4.78, 5) is 27.5. The van der Waals surface area contributed by atoms with Crippen molar-refractivity contribution < 1.29 is 14.3 Å². The van der Waals surface area contributed by atoms with E-state index in [4.69, 9.17) is 9.47 Å². The van der Waals surface area contributed by atoms with Crippen LogP contribution in [0.5, 0.6) is 5.75 Å². The summed E-state index contributed by atoms with van der Waals surface area (Å²) >= 11 is 1.45. The van der Waals surface area contributed by atoms with Gasteiger partial charge in [-0.3, -0.25) is 14.7 Å². The van der Waals surface area contributed by atoms with Crippen LogP contribution in [-0.2, 0) is 4.74 Å². The number of anilines is 1. The van der Waals surface area contributed by atoms with Crippen molar-refractivity contribution in [1.29, 1.82) is 0 Å². The Morgan fingerprint density at radius 3 is 3.08 bits per heavy atom. The number of carbonyl (C=O) groups is 1. The van der Waals surface area contributed by atoms with Crippen LogP contribution in [0.4, 0.5) is 5.13 Å². The minimum absolute atomic E-state index is 0.00419. The quantitative estimate of drug-likeness (QED) is 0.687. The van der Waals surface area contributed by atoms with Gasteiger partial charge in [0.1, 0.15) is 17.0 Å². The first-order valence-electron chi connectivity index (χ1n) is 8.39. The Kier molecular flexibility index (Phi) is 4.77. The standard InChI is InChI=1S/C18H18N4O3S/c1-24-14-5-2-6-15-16(14)21-18(26-15)22(11-12-4-3-9-25-12)17(23)13-10-19-7-8-20-13/h2,5-8,10,12H,3-4,9,11H2,1H3. The van der Waals surface area contributed by atoms with Crippen LogP contribution in [0.2, 0.25) is 0 Å². The number of nitrogens with zero attached hydrogens (tertiary/aromatic N) is 4. The monoisotopic (exact) mass is 370 g/mol. The van der Waals surface area contributed by atoms with E-state index in [0.717, 1.165) is 29.7 Å². The highest BCUT2D eigenvalue weighted by atomic mass is 32.1. The fraction of sp³-hybridized carbons (Fsp3) is 0.333. The van der Waals surface area contributed by atoms with Gasteiger partial charge in [-0.15, -0.1) is 0 Å². The maximum absolute atomic E-state index is 13.1. The number of fused-ring (bicyclic) bond motifs is 1. The van der Waals surface area contributed by atoms with Gasteiger partial charge >= 0.3 is 0 Å². The van der Waals surface area contributed by atoms with Gasteiger partial charge in [0.15, 0.2) is 5.13 Å². The van der Waals surface area contributed by atoms with Crippen LogP contribution < -0.4 is 9.64 Å². The van der Waals surface area contributed by atoms with Gasteiger partial charge in [-0.25, -0.2) is 9.97 Å². The Morgan fingerprint density at radius 2 is 2.35 bits per heavy atom. The molecule has 1 unspecified atom stereocenters. The van der Waals surface area contributed by atoms with Gasteiger partial charge in [0.2, 0.25) is 0 Å². The highest BCUT2D eigenvalue weighted by Crippen LogP contribution is 2.35. The van der Waals surface area contributed by atoms with Crippen LogP contribution in [0.3, 0.4) is 0 Å². The average molecular weight is 370 g/mol. The topological polar surface area (TPSA) is 77.4 Å². The number of carbonyl (C=O) groups excluding carboxylic acids is 1. The summed E-state index contributed by atoms with van der Waals surface area (Å²) in [6.07, 6.45) is 6.47. The molecule has 3 heterocycles. The molecule has 1 fully saturated rings. The molecule has 134 valence electrons. The Bertz CT molecular complexity index is 909. The number of thiazole rings is 1. The van der Waals surface area contributed by atoms with E-state index in [0.29, 0.717) is 17.4 Å². The maximum Gasteiger partial charge on any atom is 0.280 e. The summed E-state index contributed by atoms with van der Waals surface area (Å²) in [5, 5.41) is 0.607. The second-order valence-electron chi connectivity index (χ2n) is 5.94. The molecule has 2 aromatic heterocycles. The molecule has 0 radical (unpaired) electrons. The number of ether oxygens (including phenoxy) is 2. The summed E-state index contributed by atoms with van der Waals surface area (Å²) in [5.41, 5.74) is 1.04. The molecule has 0 saturated carbocycles. The predicted octanol–water partition coefficient (Wildman–Crippen LogP) is 2.92. The van der Waals surface area contributed by atoms with Gasteiger partial charge in [0, 0.05) is 19.0 Å². The zero-order chi connectivity index (χ0) is 17.9. The van der Waals surface area contributed by atoms with Gasteiger partial charge in [0.05, 0.1) is 30.7 Å². The lowest BCUT2D eigenvalue weighted by molar-refractivity contribution is 0.0913. The second-order valence-corrected chi connectivity index (χ2v) is 6.95. The first kappa shape index (κ1) is 16.9. The Morgan fingerprint density at radius 1 is 1.42 bits per heavy atom. The van der Waals surface area contributed by atoms with Crippen LogP contribution in [0.25, 0.3) is 10.2 Å². The SMILES string of the molecule is COc1cccc2sc(N(CC3CCCO3)C(=O)c3cnccn3)nc12. The molecule has 1 aromatic carbocycles. The van der Waals surface area contributed by atoms with Gasteiger partial charge in [-0.1, -0.05) is 17.4 Å². The lowest BCUT2D eigenvalue weighted by Crippen LogP contribution is -2.38. The molecule has 4 rings (SSSR count). The molecule has 0 N–H and O–H groups in total. The zero-order valence-corrected chi connectivity index (χ0v) is 15.1. The molecule has 26 heavy (non-hydrogen) atoms. The average Bonchev–Trinajstić information content (AvgIpc) is 3.35. The fourth-order valence-electron chi connectivity index (χ4n) is 2.98. The van der Waals surface area contributed by atoms with E-state index in [1.165, 1.54) is 23.7 Å². The van der Waals surface area contributed by atoms with E-state index in [-0.39, 0.29) is 17.7 Å². The van der Waals surface area contributed by atoms with Crippen molar-refractivity contribution in [3.63, 3.8) is 0 Å². The summed E-state index contributed by atoms with van der Waals surface area (Å²) < 4.78 is 12.1. The molecule has 1 aliphatic heterocycles. The number of para-hydroxylation sites is 1. The van der Waals surface area contributed by atoms with Crippen molar-refractivity contribution in [2.24, 2.45) is 0 Å².